The molecule has 3 N–H and O–H groups in total. The standard InChI is InChI=1S/C14H19N5O/c1-3-15-11-4-5-12(10(2)8-11)14(20)16-7-6-13-17-9-18-19-13/h4-5,8-9,15H,3,6-7H2,1-2H3,(H,16,20)(H,17,18,19). The molecule has 0 atom stereocenters. The molecule has 0 aliphatic rings. The monoisotopic (exact) mass is 273 g/mol. The molecule has 0 fully saturated rings. The summed E-state index contributed by atoms with van der Waals surface area (Å²) in [5.74, 6) is 0.703. The van der Waals surface area contributed by atoms with E-state index in [0.29, 0.717) is 18.5 Å². The molecule has 6 heteroatoms. The summed E-state index contributed by atoms with van der Waals surface area (Å²) in [6, 6.07) is 5.74. The molecule has 0 saturated carbocycles. The molecule has 0 saturated heterocycles. The number of nitrogens with one attached hydrogen (secondary N) is 3. The van der Waals surface area contributed by atoms with E-state index in [4.69, 9.17) is 0 Å². The normalized spacial score (nSPS) is 10.3. The van der Waals surface area contributed by atoms with E-state index in [1.54, 1.807) is 0 Å². The molecule has 0 unspecified atom stereocenters. The summed E-state index contributed by atoms with van der Waals surface area (Å²) in [7, 11) is 0. The van der Waals surface area contributed by atoms with Gasteiger partial charge in [0.05, 0.1) is 0 Å². The largest absolute Gasteiger partial charge is 0.385 e. The maximum atomic E-state index is 12.1. The van der Waals surface area contributed by atoms with Crippen LogP contribution < -0.4 is 10.6 Å². The maximum Gasteiger partial charge on any atom is 0.251 e. The molecule has 1 aromatic carbocycles. The fourth-order valence-corrected chi connectivity index (χ4v) is 1.97. The Morgan fingerprint density at radius 3 is 2.90 bits per heavy atom. The number of rotatable bonds is 6. The van der Waals surface area contributed by atoms with E-state index in [2.05, 4.69) is 25.8 Å². The van der Waals surface area contributed by atoms with Crippen LogP contribution in [0.1, 0.15) is 28.7 Å². The third-order valence-electron chi connectivity index (χ3n) is 2.96. The molecule has 0 bridgehead atoms. The van der Waals surface area contributed by atoms with Gasteiger partial charge in [0.15, 0.2) is 0 Å². The van der Waals surface area contributed by atoms with Gasteiger partial charge in [-0.25, -0.2) is 4.98 Å². The van der Waals surface area contributed by atoms with Gasteiger partial charge in [-0.2, -0.15) is 5.10 Å². The third-order valence-corrected chi connectivity index (χ3v) is 2.96. The van der Waals surface area contributed by atoms with E-state index in [1.807, 2.05) is 32.0 Å². The molecular weight excluding hydrogens is 254 g/mol. The number of aromatic nitrogens is 3. The molecule has 2 aromatic rings. The molecule has 0 radical (unpaired) electrons. The highest BCUT2D eigenvalue weighted by atomic mass is 16.1. The Hall–Kier alpha value is -2.37. The second kappa shape index (κ2) is 6.70. The predicted molar refractivity (Wildman–Crippen MR) is 77.8 cm³/mol. The number of carbonyl (C=O) groups is 1. The van der Waals surface area contributed by atoms with Crippen LogP contribution in [0.5, 0.6) is 0 Å². The molecule has 1 aromatic heterocycles. The predicted octanol–water partition coefficient (Wildman–Crippen LogP) is 1.52. The summed E-state index contributed by atoms with van der Waals surface area (Å²) in [5.41, 5.74) is 2.69. The van der Waals surface area contributed by atoms with Gasteiger partial charge < -0.3 is 10.6 Å². The molecule has 1 amide bonds. The number of aryl methyl sites for hydroxylation is 1. The van der Waals surface area contributed by atoms with Crippen molar-refractivity contribution in [2.75, 3.05) is 18.4 Å². The van der Waals surface area contributed by atoms with Gasteiger partial charge in [0.1, 0.15) is 12.2 Å². The van der Waals surface area contributed by atoms with E-state index in [0.717, 1.165) is 23.6 Å². The second-order valence-corrected chi connectivity index (χ2v) is 4.50. The van der Waals surface area contributed by atoms with Crippen LogP contribution >= 0.6 is 0 Å². The Morgan fingerprint density at radius 1 is 1.40 bits per heavy atom. The number of anilines is 1. The lowest BCUT2D eigenvalue weighted by Gasteiger charge is -2.09. The number of aromatic amines is 1. The van der Waals surface area contributed by atoms with Gasteiger partial charge in [0.2, 0.25) is 0 Å². The number of amides is 1. The maximum absolute atomic E-state index is 12.1. The molecule has 6 nitrogen and oxygen atoms in total. The molecular formula is C14H19N5O. The lowest BCUT2D eigenvalue weighted by atomic mass is 10.1. The number of H-pyrrole nitrogens is 1. The zero-order valence-corrected chi connectivity index (χ0v) is 11.7. The number of hydrogen-bond donors (Lipinski definition) is 3. The van der Waals surface area contributed by atoms with Crippen LogP contribution in [0.2, 0.25) is 0 Å². The fourth-order valence-electron chi connectivity index (χ4n) is 1.97. The Kier molecular flexibility index (Phi) is 4.70. The first-order chi connectivity index (χ1) is 9.70. The van der Waals surface area contributed by atoms with E-state index >= 15 is 0 Å². The first-order valence-corrected chi connectivity index (χ1v) is 6.67. The van der Waals surface area contributed by atoms with Crippen molar-refractivity contribution in [1.29, 1.82) is 0 Å². The first kappa shape index (κ1) is 14.0. The minimum atomic E-state index is -0.0648. The van der Waals surface area contributed by atoms with Gasteiger partial charge in [-0.1, -0.05) is 0 Å². The highest BCUT2D eigenvalue weighted by Crippen LogP contribution is 2.14. The molecule has 2 rings (SSSR count). The average Bonchev–Trinajstić information content (AvgIpc) is 2.92. The van der Waals surface area contributed by atoms with Crippen LogP contribution in [-0.2, 0) is 6.42 Å². The van der Waals surface area contributed by atoms with Crippen LogP contribution in [0.25, 0.3) is 0 Å². The summed E-state index contributed by atoms with van der Waals surface area (Å²) in [6.45, 7) is 5.37. The van der Waals surface area contributed by atoms with E-state index in [9.17, 15) is 4.79 Å². The summed E-state index contributed by atoms with van der Waals surface area (Å²) < 4.78 is 0. The van der Waals surface area contributed by atoms with Gasteiger partial charge >= 0.3 is 0 Å². The molecule has 20 heavy (non-hydrogen) atoms. The van der Waals surface area contributed by atoms with Crippen LogP contribution in [0.3, 0.4) is 0 Å². The number of nitrogens with zero attached hydrogens (tertiary/aromatic N) is 2. The summed E-state index contributed by atoms with van der Waals surface area (Å²) >= 11 is 0. The van der Waals surface area contributed by atoms with Crippen LogP contribution in [0, 0.1) is 6.92 Å². The molecule has 106 valence electrons. The Bertz CT molecular complexity index is 565. The minimum Gasteiger partial charge on any atom is -0.385 e. The minimum absolute atomic E-state index is 0.0648. The summed E-state index contributed by atoms with van der Waals surface area (Å²) in [4.78, 5) is 16.1. The van der Waals surface area contributed by atoms with Crippen LogP contribution in [-0.4, -0.2) is 34.2 Å². The Balaban J connectivity index is 1.91. The third kappa shape index (κ3) is 3.57. The van der Waals surface area contributed by atoms with Crippen molar-refractivity contribution in [1.82, 2.24) is 20.5 Å². The summed E-state index contributed by atoms with van der Waals surface area (Å²) in [6.07, 6.45) is 2.10. The summed E-state index contributed by atoms with van der Waals surface area (Å²) in [5, 5.41) is 12.6. The van der Waals surface area contributed by atoms with Crippen molar-refractivity contribution < 1.29 is 4.79 Å². The molecule has 1 heterocycles. The number of hydrogen-bond acceptors (Lipinski definition) is 4. The first-order valence-electron chi connectivity index (χ1n) is 6.67. The quantitative estimate of drug-likeness (QED) is 0.745. The van der Waals surface area contributed by atoms with E-state index in [-0.39, 0.29) is 5.91 Å². The van der Waals surface area contributed by atoms with Gasteiger partial charge in [0.25, 0.3) is 5.91 Å². The van der Waals surface area contributed by atoms with E-state index < -0.39 is 0 Å². The topological polar surface area (TPSA) is 82.7 Å². The van der Waals surface area contributed by atoms with Gasteiger partial charge in [-0.3, -0.25) is 9.89 Å². The second-order valence-electron chi connectivity index (χ2n) is 4.50. The van der Waals surface area contributed by atoms with Crippen LogP contribution in [0.4, 0.5) is 5.69 Å². The lowest BCUT2D eigenvalue weighted by molar-refractivity contribution is 0.0953. The van der Waals surface area contributed by atoms with Crippen molar-refractivity contribution in [2.45, 2.75) is 20.3 Å². The molecule has 0 spiro atoms. The Morgan fingerprint density at radius 2 is 2.25 bits per heavy atom. The Labute approximate surface area is 118 Å². The fraction of sp³-hybridized carbons (Fsp3) is 0.357. The van der Waals surface area contributed by atoms with Crippen molar-refractivity contribution in [3.63, 3.8) is 0 Å². The molecule has 0 aliphatic carbocycles. The van der Waals surface area contributed by atoms with Crippen molar-refractivity contribution in [3.8, 4) is 0 Å². The lowest BCUT2D eigenvalue weighted by Crippen LogP contribution is -2.26. The van der Waals surface area contributed by atoms with Gasteiger partial charge in [0, 0.05) is 30.8 Å². The van der Waals surface area contributed by atoms with Gasteiger partial charge in [-0.05, 0) is 37.6 Å². The SMILES string of the molecule is CCNc1ccc(C(=O)NCCc2ncn[nH]2)c(C)c1. The van der Waals surface area contributed by atoms with Crippen molar-refractivity contribution in [2.24, 2.45) is 0 Å². The zero-order valence-electron chi connectivity index (χ0n) is 11.7. The van der Waals surface area contributed by atoms with Crippen molar-refractivity contribution >= 4 is 11.6 Å². The van der Waals surface area contributed by atoms with Gasteiger partial charge in [-0.15, -0.1) is 0 Å². The number of benzene rings is 1. The van der Waals surface area contributed by atoms with E-state index in [1.165, 1.54) is 6.33 Å². The molecule has 0 aliphatic heterocycles. The smallest absolute Gasteiger partial charge is 0.251 e. The average molecular weight is 273 g/mol. The number of carbonyl (C=O) groups excluding carboxylic acids is 1. The van der Waals surface area contributed by atoms with Crippen molar-refractivity contribution in [3.05, 3.63) is 41.5 Å². The highest BCUT2D eigenvalue weighted by molar-refractivity contribution is 5.96. The highest BCUT2D eigenvalue weighted by Gasteiger charge is 2.09. The zero-order chi connectivity index (χ0) is 14.4. The van der Waals surface area contributed by atoms with Crippen LogP contribution in [0.15, 0.2) is 24.5 Å².